The molecule has 86 valence electrons. The Bertz CT molecular complexity index is 277. The molecule has 0 spiro atoms. The summed E-state index contributed by atoms with van der Waals surface area (Å²) in [6.45, 7) is 6.80. The molecule has 0 aromatic rings. The zero-order valence-electron chi connectivity index (χ0n) is 9.49. The second kappa shape index (κ2) is 3.46. The fraction of sp³-hybridized carbons (Fsp3) is 0.909. The van der Waals surface area contributed by atoms with Crippen LogP contribution in [0, 0.1) is 11.3 Å². The summed E-state index contributed by atoms with van der Waals surface area (Å²) < 4.78 is 5.65. The number of carbonyl (C=O) groups is 1. The summed E-state index contributed by atoms with van der Waals surface area (Å²) in [6.07, 6.45) is 1.37. The molecule has 1 saturated carbocycles. The first-order valence-electron chi connectivity index (χ1n) is 5.55. The van der Waals surface area contributed by atoms with Crippen LogP contribution in [0.5, 0.6) is 0 Å². The monoisotopic (exact) mass is 213 g/mol. The van der Waals surface area contributed by atoms with E-state index in [2.05, 4.69) is 19.2 Å². The van der Waals surface area contributed by atoms with E-state index in [0.717, 1.165) is 13.0 Å². The Morgan fingerprint density at radius 2 is 2.27 bits per heavy atom. The van der Waals surface area contributed by atoms with E-state index in [1.54, 1.807) is 6.92 Å². The lowest BCUT2D eigenvalue weighted by Crippen LogP contribution is -2.67. The summed E-state index contributed by atoms with van der Waals surface area (Å²) in [7, 11) is 0. The summed E-state index contributed by atoms with van der Waals surface area (Å²) in [5.74, 6) is -0.282. The molecule has 0 amide bonds. The van der Waals surface area contributed by atoms with Crippen molar-refractivity contribution in [1.29, 1.82) is 0 Å². The van der Waals surface area contributed by atoms with Gasteiger partial charge in [0, 0.05) is 24.0 Å². The zero-order chi connectivity index (χ0) is 11.2. The van der Waals surface area contributed by atoms with Crippen LogP contribution in [0.3, 0.4) is 0 Å². The molecule has 4 nitrogen and oxygen atoms in total. The third-order valence-electron chi connectivity index (χ3n) is 3.90. The smallest absolute Gasteiger partial charge is 0.320 e. The maximum atomic E-state index is 10.8. The van der Waals surface area contributed by atoms with Crippen molar-refractivity contribution < 1.29 is 14.6 Å². The van der Waals surface area contributed by atoms with E-state index in [4.69, 9.17) is 9.84 Å². The first-order chi connectivity index (χ1) is 6.94. The highest BCUT2D eigenvalue weighted by molar-refractivity contribution is 5.72. The van der Waals surface area contributed by atoms with E-state index in [-0.39, 0.29) is 11.5 Å². The molecule has 1 saturated heterocycles. The van der Waals surface area contributed by atoms with Crippen LogP contribution in [0.25, 0.3) is 0 Å². The van der Waals surface area contributed by atoms with E-state index in [0.29, 0.717) is 12.0 Å². The van der Waals surface area contributed by atoms with Crippen molar-refractivity contribution in [3.8, 4) is 0 Å². The van der Waals surface area contributed by atoms with Crippen LogP contribution in [0.4, 0.5) is 0 Å². The summed E-state index contributed by atoms with van der Waals surface area (Å²) in [4.78, 5) is 10.8. The Morgan fingerprint density at radius 1 is 1.60 bits per heavy atom. The van der Waals surface area contributed by atoms with Gasteiger partial charge in [-0.05, 0) is 13.3 Å². The molecule has 0 bridgehead atoms. The molecule has 1 aliphatic carbocycles. The lowest BCUT2D eigenvalue weighted by Gasteiger charge is -2.55. The SMILES string of the molecule is CC(NC1C2CCOC2C1(C)C)C(=O)O. The minimum atomic E-state index is -0.784. The number of carboxylic acids is 1. The number of ether oxygens (including phenoxy) is 1. The Kier molecular flexibility index (Phi) is 2.51. The van der Waals surface area contributed by atoms with Crippen molar-refractivity contribution in [2.24, 2.45) is 11.3 Å². The van der Waals surface area contributed by atoms with Crippen molar-refractivity contribution in [2.45, 2.75) is 45.4 Å². The molecule has 2 aliphatic rings. The van der Waals surface area contributed by atoms with Crippen molar-refractivity contribution in [3.63, 3.8) is 0 Å². The van der Waals surface area contributed by atoms with Gasteiger partial charge in [-0.1, -0.05) is 13.8 Å². The standard InChI is InChI=1S/C11H19NO3/c1-6(10(13)14)12-8-7-4-5-15-9(7)11(8,2)3/h6-9,12H,4-5H2,1-3H3,(H,13,14). The third kappa shape index (κ3) is 1.56. The predicted octanol–water partition coefficient (Wildman–Crippen LogP) is 0.863. The van der Waals surface area contributed by atoms with Gasteiger partial charge in [0.05, 0.1) is 6.10 Å². The fourth-order valence-electron chi connectivity index (χ4n) is 3.00. The van der Waals surface area contributed by atoms with Crippen LogP contribution < -0.4 is 5.32 Å². The fourth-order valence-corrected chi connectivity index (χ4v) is 3.00. The second-order valence-corrected chi connectivity index (χ2v) is 5.27. The molecular formula is C11H19NO3. The minimum Gasteiger partial charge on any atom is -0.480 e. The van der Waals surface area contributed by atoms with E-state index >= 15 is 0 Å². The van der Waals surface area contributed by atoms with Crippen LogP contribution in [-0.2, 0) is 9.53 Å². The van der Waals surface area contributed by atoms with Crippen LogP contribution in [0.15, 0.2) is 0 Å². The Labute approximate surface area is 90.0 Å². The first-order valence-corrected chi connectivity index (χ1v) is 5.55. The van der Waals surface area contributed by atoms with Crippen molar-refractivity contribution in [3.05, 3.63) is 0 Å². The minimum absolute atomic E-state index is 0.0604. The summed E-state index contributed by atoms with van der Waals surface area (Å²) in [6, 6.07) is -0.202. The Hall–Kier alpha value is -0.610. The molecule has 0 aromatic heterocycles. The average molecular weight is 213 g/mol. The number of carboxylic acid groups (broad SMARTS) is 1. The van der Waals surface area contributed by atoms with Crippen molar-refractivity contribution in [1.82, 2.24) is 5.32 Å². The highest BCUT2D eigenvalue weighted by atomic mass is 16.5. The number of hydrogen-bond donors (Lipinski definition) is 2. The van der Waals surface area contributed by atoms with Gasteiger partial charge in [0.2, 0.25) is 0 Å². The van der Waals surface area contributed by atoms with Gasteiger partial charge in [0.1, 0.15) is 6.04 Å². The topological polar surface area (TPSA) is 58.6 Å². The van der Waals surface area contributed by atoms with Gasteiger partial charge in [-0.25, -0.2) is 0 Å². The molecule has 4 heteroatoms. The molecule has 1 heterocycles. The molecule has 2 fully saturated rings. The Morgan fingerprint density at radius 3 is 2.87 bits per heavy atom. The zero-order valence-corrected chi connectivity index (χ0v) is 9.49. The number of fused-ring (bicyclic) bond motifs is 1. The van der Waals surface area contributed by atoms with Crippen molar-refractivity contribution >= 4 is 5.97 Å². The van der Waals surface area contributed by atoms with Gasteiger partial charge in [0.25, 0.3) is 0 Å². The van der Waals surface area contributed by atoms with Gasteiger partial charge in [-0.3, -0.25) is 4.79 Å². The molecule has 0 radical (unpaired) electrons. The van der Waals surface area contributed by atoms with Gasteiger partial charge in [0.15, 0.2) is 0 Å². The normalized spacial score (nSPS) is 39.3. The van der Waals surface area contributed by atoms with E-state index in [1.165, 1.54) is 0 Å². The highest BCUT2D eigenvalue weighted by Gasteiger charge is 2.59. The molecular weight excluding hydrogens is 194 g/mol. The van der Waals surface area contributed by atoms with E-state index < -0.39 is 12.0 Å². The van der Waals surface area contributed by atoms with Gasteiger partial charge < -0.3 is 15.2 Å². The summed E-state index contributed by atoms with van der Waals surface area (Å²) in [5, 5.41) is 12.1. The van der Waals surface area contributed by atoms with Gasteiger partial charge in [-0.2, -0.15) is 0 Å². The molecule has 2 N–H and O–H groups in total. The van der Waals surface area contributed by atoms with Crippen LogP contribution in [-0.4, -0.2) is 35.9 Å². The van der Waals surface area contributed by atoms with Gasteiger partial charge >= 0.3 is 5.97 Å². The van der Waals surface area contributed by atoms with Crippen molar-refractivity contribution in [2.75, 3.05) is 6.61 Å². The van der Waals surface area contributed by atoms with E-state index in [9.17, 15) is 4.79 Å². The Balaban J connectivity index is 2.01. The number of rotatable bonds is 3. The maximum absolute atomic E-state index is 10.8. The molecule has 2 rings (SSSR count). The quantitative estimate of drug-likeness (QED) is 0.730. The highest BCUT2D eigenvalue weighted by Crippen LogP contribution is 2.52. The molecule has 4 unspecified atom stereocenters. The average Bonchev–Trinajstić information content (AvgIpc) is 2.59. The maximum Gasteiger partial charge on any atom is 0.320 e. The molecule has 4 atom stereocenters. The van der Waals surface area contributed by atoms with Crippen LogP contribution in [0.1, 0.15) is 27.2 Å². The lowest BCUT2D eigenvalue weighted by molar-refractivity contribution is -0.144. The largest absolute Gasteiger partial charge is 0.480 e. The third-order valence-corrected chi connectivity index (χ3v) is 3.90. The number of hydrogen-bond acceptors (Lipinski definition) is 3. The van der Waals surface area contributed by atoms with Crippen LogP contribution in [0.2, 0.25) is 0 Å². The molecule has 0 aromatic carbocycles. The number of nitrogens with one attached hydrogen (secondary N) is 1. The second-order valence-electron chi connectivity index (χ2n) is 5.27. The van der Waals surface area contributed by atoms with Crippen LogP contribution >= 0.6 is 0 Å². The summed E-state index contributed by atoms with van der Waals surface area (Å²) >= 11 is 0. The molecule has 15 heavy (non-hydrogen) atoms. The van der Waals surface area contributed by atoms with Gasteiger partial charge in [-0.15, -0.1) is 0 Å². The molecule has 1 aliphatic heterocycles. The lowest BCUT2D eigenvalue weighted by atomic mass is 9.57. The predicted molar refractivity (Wildman–Crippen MR) is 55.6 cm³/mol. The first kappa shape index (κ1) is 10.9. The summed E-state index contributed by atoms with van der Waals surface area (Å²) in [5.41, 5.74) is 0.0604. The van der Waals surface area contributed by atoms with E-state index in [1.807, 2.05) is 0 Å². The number of aliphatic carboxylic acids is 1.